The van der Waals surface area contributed by atoms with Gasteiger partial charge in [0, 0.05) is 19.7 Å². The van der Waals surface area contributed by atoms with E-state index in [0.29, 0.717) is 13.0 Å². The molecule has 0 bridgehead atoms. The van der Waals surface area contributed by atoms with Crippen LogP contribution in [-0.4, -0.2) is 48.3 Å². The second-order valence-corrected chi connectivity index (χ2v) is 6.91. The van der Waals surface area contributed by atoms with Gasteiger partial charge in [0.25, 0.3) is 0 Å². The number of hydrogen-bond donors (Lipinski definition) is 2. The number of aliphatic carboxylic acids is 1. The van der Waals surface area contributed by atoms with Gasteiger partial charge in [-0.3, -0.25) is 4.79 Å². The zero-order valence-corrected chi connectivity index (χ0v) is 14.2. The Morgan fingerprint density at radius 1 is 1.38 bits per heavy atom. The molecule has 0 saturated carbocycles. The van der Waals surface area contributed by atoms with E-state index in [1.807, 2.05) is 0 Å². The molecule has 2 fully saturated rings. The molecule has 2 heterocycles. The van der Waals surface area contributed by atoms with E-state index < -0.39 is 29.2 Å². The average molecular weight is 393 g/mol. The standard InChI is InChI=1S/C16H16ClF3N2O4/c17-11-2-1-9(16(18,19)20)5-12(11)21-14(25)22-6-10-3-4-26-8-15(10,7-22)13(23)24/h1-2,5,10H,3-4,6-8H2,(H,21,25)(H,23,24)/t10-,15+/m0/s1. The van der Waals surface area contributed by atoms with Gasteiger partial charge in [0.15, 0.2) is 0 Å². The number of alkyl halides is 3. The van der Waals surface area contributed by atoms with Gasteiger partial charge in [-0.15, -0.1) is 0 Å². The molecule has 142 valence electrons. The lowest BCUT2D eigenvalue weighted by molar-refractivity contribution is -0.159. The number of carbonyl (C=O) groups excluding carboxylic acids is 1. The van der Waals surface area contributed by atoms with Gasteiger partial charge in [-0.2, -0.15) is 13.2 Å². The molecule has 10 heteroatoms. The van der Waals surface area contributed by atoms with Crippen LogP contribution >= 0.6 is 11.6 Å². The minimum absolute atomic E-state index is 0.00109. The number of fused-ring (bicyclic) bond motifs is 1. The molecular weight excluding hydrogens is 377 g/mol. The summed E-state index contributed by atoms with van der Waals surface area (Å²) >= 11 is 5.88. The lowest BCUT2D eigenvalue weighted by Gasteiger charge is -2.33. The lowest BCUT2D eigenvalue weighted by atomic mass is 9.76. The number of anilines is 1. The number of nitrogens with zero attached hydrogens (tertiary/aromatic N) is 1. The van der Waals surface area contributed by atoms with Crippen molar-refractivity contribution in [2.45, 2.75) is 12.6 Å². The number of urea groups is 1. The number of hydrogen-bond acceptors (Lipinski definition) is 3. The highest BCUT2D eigenvalue weighted by molar-refractivity contribution is 6.33. The third-order valence-corrected chi connectivity index (χ3v) is 5.24. The Balaban J connectivity index is 1.78. The number of rotatable bonds is 2. The molecule has 1 aromatic rings. The third-order valence-electron chi connectivity index (χ3n) is 4.91. The van der Waals surface area contributed by atoms with E-state index in [1.54, 1.807) is 0 Å². The van der Waals surface area contributed by atoms with Crippen molar-refractivity contribution in [3.05, 3.63) is 28.8 Å². The molecule has 26 heavy (non-hydrogen) atoms. The Morgan fingerprint density at radius 3 is 2.73 bits per heavy atom. The molecule has 3 rings (SSSR count). The molecule has 0 radical (unpaired) electrons. The highest BCUT2D eigenvalue weighted by Crippen LogP contribution is 2.42. The first-order valence-electron chi connectivity index (χ1n) is 7.87. The number of halogens is 4. The van der Waals surface area contributed by atoms with Crippen molar-refractivity contribution in [3.8, 4) is 0 Å². The predicted molar refractivity (Wildman–Crippen MR) is 86.0 cm³/mol. The van der Waals surface area contributed by atoms with Gasteiger partial charge in [-0.25, -0.2) is 4.79 Å². The van der Waals surface area contributed by atoms with Crippen molar-refractivity contribution in [2.75, 3.05) is 31.6 Å². The molecule has 2 N–H and O–H groups in total. The topological polar surface area (TPSA) is 78.9 Å². The molecule has 2 aliphatic heterocycles. The minimum atomic E-state index is -4.57. The highest BCUT2D eigenvalue weighted by Gasteiger charge is 2.55. The maximum Gasteiger partial charge on any atom is 0.416 e. The molecule has 0 unspecified atom stereocenters. The third kappa shape index (κ3) is 3.33. The van der Waals surface area contributed by atoms with Gasteiger partial charge < -0.3 is 20.1 Å². The number of benzene rings is 1. The van der Waals surface area contributed by atoms with Gasteiger partial charge in [0.1, 0.15) is 5.41 Å². The number of carboxylic acids is 1. The van der Waals surface area contributed by atoms with Gasteiger partial charge in [0.2, 0.25) is 0 Å². The molecular formula is C16H16ClF3N2O4. The summed E-state index contributed by atoms with van der Waals surface area (Å²) in [6.45, 7) is 0.531. The van der Waals surface area contributed by atoms with Crippen molar-refractivity contribution >= 4 is 29.3 Å². The fourth-order valence-corrected chi connectivity index (χ4v) is 3.60. The first-order valence-corrected chi connectivity index (χ1v) is 8.25. The first-order chi connectivity index (χ1) is 12.1. The maximum atomic E-state index is 12.8. The zero-order valence-electron chi connectivity index (χ0n) is 13.5. The molecule has 2 saturated heterocycles. The average Bonchev–Trinajstić information content (AvgIpc) is 2.97. The number of ether oxygens (including phenoxy) is 1. The summed E-state index contributed by atoms with van der Waals surface area (Å²) in [5, 5.41) is 11.9. The van der Waals surface area contributed by atoms with Crippen LogP contribution in [0, 0.1) is 11.3 Å². The summed E-state index contributed by atoms with van der Waals surface area (Å²) in [5.41, 5.74) is -2.31. The summed E-state index contributed by atoms with van der Waals surface area (Å²) in [7, 11) is 0. The van der Waals surface area contributed by atoms with Crippen LogP contribution in [0.1, 0.15) is 12.0 Å². The number of carbonyl (C=O) groups is 2. The van der Waals surface area contributed by atoms with E-state index in [0.717, 1.165) is 18.2 Å². The van der Waals surface area contributed by atoms with Crippen LogP contribution in [0.25, 0.3) is 0 Å². The number of likely N-dealkylation sites (tertiary alicyclic amines) is 1. The molecule has 2 atom stereocenters. The van der Waals surface area contributed by atoms with Gasteiger partial charge in [-0.05, 0) is 30.5 Å². The van der Waals surface area contributed by atoms with Crippen LogP contribution in [0.4, 0.5) is 23.7 Å². The molecule has 2 aliphatic rings. The molecule has 2 amide bonds. The van der Waals surface area contributed by atoms with Gasteiger partial charge in [-0.1, -0.05) is 11.6 Å². The van der Waals surface area contributed by atoms with Crippen LogP contribution in [-0.2, 0) is 15.7 Å². The van der Waals surface area contributed by atoms with E-state index in [2.05, 4.69) is 5.32 Å². The fourth-order valence-electron chi connectivity index (χ4n) is 3.44. The number of nitrogens with one attached hydrogen (secondary N) is 1. The van der Waals surface area contributed by atoms with Crippen molar-refractivity contribution < 1.29 is 32.6 Å². The van der Waals surface area contributed by atoms with Gasteiger partial charge >= 0.3 is 18.2 Å². The van der Waals surface area contributed by atoms with Crippen molar-refractivity contribution in [1.82, 2.24) is 4.90 Å². The van der Waals surface area contributed by atoms with Crippen LogP contribution in [0.5, 0.6) is 0 Å². The van der Waals surface area contributed by atoms with E-state index in [4.69, 9.17) is 16.3 Å². The fraction of sp³-hybridized carbons (Fsp3) is 0.500. The molecule has 0 spiro atoms. The Kier molecular flexibility index (Phi) is 4.78. The number of amides is 2. The van der Waals surface area contributed by atoms with Crippen LogP contribution in [0.3, 0.4) is 0 Å². The lowest BCUT2D eigenvalue weighted by Crippen LogP contribution is -2.46. The Bertz CT molecular complexity index is 743. The summed E-state index contributed by atoms with van der Waals surface area (Å²) < 4.78 is 43.8. The molecule has 0 aliphatic carbocycles. The van der Waals surface area contributed by atoms with Crippen molar-refractivity contribution in [3.63, 3.8) is 0 Å². The van der Waals surface area contributed by atoms with E-state index >= 15 is 0 Å². The van der Waals surface area contributed by atoms with E-state index in [1.165, 1.54) is 4.90 Å². The monoisotopic (exact) mass is 392 g/mol. The van der Waals surface area contributed by atoms with Crippen LogP contribution < -0.4 is 5.32 Å². The Labute approximate surface area is 151 Å². The highest BCUT2D eigenvalue weighted by atomic mass is 35.5. The summed E-state index contributed by atoms with van der Waals surface area (Å²) in [6.07, 6.45) is -4.07. The van der Waals surface area contributed by atoms with Gasteiger partial charge in [0.05, 0.1) is 22.9 Å². The summed E-state index contributed by atoms with van der Waals surface area (Å²) in [5.74, 6) is -1.31. The quantitative estimate of drug-likeness (QED) is 0.809. The minimum Gasteiger partial charge on any atom is -0.481 e. The Hall–Kier alpha value is -2.00. The zero-order chi connectivity index (χ0) is 19.1. The smallest absolute Gasteiger partial charge is 0.416 e. The second kappa shape index (κ2) is 6.62. The summed E-state index contributed by atoms with van der Waals surface area (Å²) in [6, 6.07) is 1.93. The molecule has 6 nitrogen and oxygen atoms in total. The van der Waals surface area contributed by atoms with Crippen molar-refractivity contribution in [1.29, 1.82) is 0 Å². The van der Waals surface area contributed by atoms with E-state index in [-0.39, 0.29) is 36.3 Å². The van der Waals surface area contributed by atoms with E-state index in [9.17, 15) is 27.9 Å². The Morgan fingerprint density at radius 2 is 2.12 bits per heavy atom. The molecule has 1 aromatic carbocycles. The summed E-state index contributed by atoms with van der Waals surface area (Å²) in [4.78, 5) is 25.5. The molecule has 0 aromatic heterocycles. The normalized spacial score (nSPS) is 25.7. The van der Waals surface area contributed by atoms with Crippen LogP contribution in [0.2, 0.25) is 5.02 Å². The van der Waals surface area contributed by atoms with Crippen LogP contribution in [0.15, 0.2) is 18.2 Å². The SMILES string of the molecule is O=C(Nc1cc(C(F)(F)F)ccc1Cl)N1C[C@@H]2CCOC[C@]2(C(=O)O)C1. The maximum absolute atomic E-state index is 12.8. The van der Waals surface area contributed by atoms with Crippen molar-refractivity contribution in [2.24, 2.45) is 11.3 Å². The number of carboxylic acid groups (broad SMARTS) is 1. The largest absolute Gasteiger partial charge is 0.481 e. The second-order valence-electron chi connectivity index (χ2n) is 6.50. The first kappa shape index (κ1) is 18.8. The predicted octanol–water partition coefficient (Wildman–Crippen LogP) is 3.31.